The van der Waals surface area contributed by atoms with Gasteiger partial charge in [-0.15, -0.1) is 11.3 Å². The molecule has 0 unspecified atom stereocenters. The predicted octanol–water partition coefficient (Wildman–Crippen LogP) is 4.16. The fourth-order valence-electron chi connectivity index (χ4n) is 3.56. The number of fused-ring (bicyclic) bond motifs is 1. The Hall–Kier alpha value is -2.14. The molecule has 0 atom stereocenters. The van der Waals surface area contributed by atoms with Crippen molar-refractivity contribution < 1.29 is 4.74 Å². The summed E-state index contributed by atoms with van der Waals surface area (Å²) >= 11 is 1.68. The highest BCUT2D eigenvalue weighted by Gasteiger charge is 2.22. The van der Waals surface area contributed by atoms with E-state index in [-0.39, 0.29) is 0 Å². The van der Waals surface area contributed by atoms with Crippen LogP contribution in [0.1, 0.15) is 18.4 Å². The first-order valence-electron chi connectivity index (χ1n) is 8.40. The van der Waals surface area contributed by atoms with Crippen molar-refractivity contribution in [2.75, 3.05) is 25.1 Å². The van der Waals surface area contributed by atoms with Crippen LogP contribution in [0, 0.1) is 5.92 Å². The summed E-state index contributed by atoms with van der Waals surface area (Å²) in [6, 6.07) is 10.5. The Morgan fingerprint density at radius 1 is 1.17 bits per heavy atom. The Morgan fingerprint density at radius 3 is 2.83 bits per heavy atom. The second kappa shape index (κ2) is 6.77. The van der Waals surface area contributed by atoms with Crippen LogP contribution in [0.2, 0.25) is 0 Å². The van der Waals surface area contributed by atoms with E-state index in [1.165, 1.54) is 23.8 Å². The third kappa shape index (κ3) is 2.96. The van der Waals surface area contributed by atoms with Crippen LogP contribution in [0.4, 0.5) is 5.82 Å². The first-order chi connectivity index (χ1) is 11.8. The van der Waals surface area contributed by atoms with Gasteiger partial charge in [0.05, 0.1) is 12.5 Å². The van der Waals surface area contributed by atoms with E-state index in [1.807, 2.05) is 6.07 Å². The van der Waals surface area contributed by atoms with Gasteiger partial charge in [-0.25, -0.2) is 9.97 Å². The van der Waals surface area contributed by atoms with Gasteiger partial charge < -0.3 is 9.64 Å². The molecule has 3 aromatic rings. The number of para-hydroxylation sites is 1. The number of anilines is 1. The van der Waals surface area contributed by atoms with Crippen LogP contribution < -0.4 is 9.64 Å². The number of thiophene rings is 1. The molecule has 0 saturated carbocycles. The number of hydrogen-bond acceptors (Lipinski definition) is 5. The number of ether oxygens (including phenoxy) is 1. The van der Waals surface area contributed by atoms with E-state index in [1.54, 1.807) is 24.8 Å². The van der Waals surface area contributed by atoms with Crippen LogP contribution in [0.5, 0.6) is 5.75 Å². The van der Waals surface area contributed by atoms with Crippen LogP contribution in [0.25, 0.3) is 10.2 Å². The van der Waals surface area contributed by atoms with Crippen molar-refractivity contribution in [1.29, 1.82) is 0 Å². The molecule has 124 valence electrons. The minimum absolute atomic E-state index is 0.706. The van der Waals surface area contributed by atoms with Crippen LogP contribution in [-0.4, -0.2) is 30.2 Å². The Labute approximate surface area is 146 Å². The molecule has 0 aliphatic carbocycles. The summed E-state index contributed by atoms with van der Waals surface area (Å²) in [7, 11) is 1.75. The summed E-state index contributed by atoms with van der Waals surface area (Å²) in [4.78, 5) is 12.4. The average Bonchev–Trinajstić information content (AvgIpc) is 3.12. The Kier molecular flexibility index (Phi) is 4.34. The number of benzene rings is 1. The van der Waals surface area contributed by atoms with Crippen LogP contribution in [-0.2, 0) is 6.42 Å². The molecule has 1 saturated heterocycles. The van der Waals surface area contributed by atoms with Crippen molar-refractivity contribution in [1.82, 2.24) is 9.97 Å². The smallest absolute Gasteiger partial charge is 0.140 e. The van der Waals surface area contributed by atoms with Crippen molar-refractivity contribution in [3.63, 3.8) is 0 Å². The predicted molar refractivity (Wildman–Crippen MR) is 99.1 cm³/mol. The fraction of sp³-hybridized carbons (Fsp3) is 0.368. The van der Waals surface area contributed by atoms with Gasteiger partial charge in [0.1, 0.15) is 22.7 Å². The maximum Gasteiger partial charge on any atom is 0.140 e. The molecule has 3 heterocycles. The van der Waals surface area contributed by atoms with Crippen molar-refractivity contribution in [3.05, 3.63) is 47.6 Å². The van der Waals surface area contributed by atoms with Crippen LogP contribution in [0.3, 0.4) is 0 Å². The van der Waals surface area contributed by atoms with E-state index < -0.39 is 0 Å². The van der Waals surface area contributed by atoms with Crippen molar-refractivity contribution in [2.24, 2.45) is 5.92 Å². The van der Waals surface area contributed by atoms with Crippen molar-refractivity contribution >= 4 is 27.4 Å². The quantitative estimate of drug-likeness (QED) is 0.715. The SMILES string of the molecule is COc1ccccc1CC1CCN(c2ncnc3sccc23)CC1. The molecule has 1 aliphatic rings. The molecular weight excluding hydrogens is 318 g/mol. The minimum Gasteiger partial charge on any atom is -0.496 e. The van der Waals surface area contributed by atoms with E-state index in [0.29, 0.717) is 5.92 Å². The summed E-state index contributed by atoms with van der Waals surface area (Å²) < 4.78 is 5.49. The summed E-state index contributed by atoms with van der Waals surface area (Å²) in [5, 5.41) is 3.28. The highest BCUT2D eigenvalue weighted by molar-refractivity contribution is 7.16. The van der Waals surface area contributed by atoms with Gasteiger partial charge in [0.2, 0.25) is 0 Å². The summed E-state index contributed by atoms with van der Waals surface area (Å²) in [5.41, 5.74) is 1.32. The minimum atomic E-state index is 0.706. The van der Waals surface area contributed by atoms with Crippen LogP contribution in [0.15, 0.2) is 42.0 Å². The van der Waals surface area contributed by atoms with Gasteiger partial charge in [0, 0.05) is 13.1 Å². The summed E-state index contributed by atoms with van der Waals surface area (Å²) in [6.45, 7) is 2.11. The Morgan fingerprint density at radius 2 is 2.00 bits per heavy atom. The normalized spacial score (nSPS) is 15.8. The van der Waals surface area contributed by atoms with E-state index in [9.17, 15) is 0 Å². The van der Waals surface area contributed by atoms with E-state index in [0.717, 1.165) is 35.9 Å². The van der Waals surface area contributed by atoms with Gasteiger partial charge >= 0.3 is 0 Å². The number of nitrogens with zero attached hydrogens (tertiary/aromatic N) is 3. The zero-order chi connectivity index (χ0) is 16.4. The standard InChI is InChI=1S/C19H21N3OS/c1-23-17-5-3-2-4-15(17)12-14-6-9-22(10-7-14)18-16-8-11-24-19(16)21-13-20-18/h2-5,8,11,13-14H,6-7,9-10,12H2,1H3. The van der Waals surface area contributed by atoms with Gasteiger partial charge in [-0.2, -0.15) is 0 Å². The second-order valence-electron chi connectivity index (χ2n) is 6.28. The van der Waals surface area contributed by atoms with Gasteiger partial charge in [-0.1, -0.05) is 18.2 Å². The average molecular weight is 339 g/mol. The third-order valence-corrected chi connectivity index (χ3v) is 5.68. The topological polar surface area (TPSA) is 38.2 Å². The molecule has 0 N–H and O–H groups in total. The highest BCUT2D eigenvalue weighted by Crippen LogP contribution is 2.31. The molecule has 0 bridgehead atoms. The van der Waals surface area contributed by atoms with Gasteiger partial charge in [0.25, 0.3) is 0 Å². The third-order valence-electron chi connectivity index (χ3n) is 4.86. The van der Waals surface area contributed by atoms with Crippen LogP contribution >= 0.6 is 11.3 Å². The highest BCUT2D eigenvalue weighted by atomic mass is 32.1. The maximum absolute atomic E-state index is 5.49. The molecule has 1 aliphatic heterocycles. The zero-order valence-corrected chi connectivity index (χ0v) is 14.6. The lowest BCUT2D eigenvalue weighted by Gasteiger charge is -2.33. The van der Waals surface area contributed by atoms with Gasteiger partial charge in [-0.3, -0.25) is 0 Å². The maximum atomic E-state index is 5.49. The molecule has 24 heavy (non-hydrogen) atoms. The number of hydrogen-bond donors (Lipinski definition) is 0. The second-order valence-corrected chi connectivity index (χ2v) is 7.18. The number of aromatic nitrogens is 2. The first kappa shape index (κ1) is 15.4. The molecule has 4 rings (SSSR count). The van der Waals surface area contributed by atoms with E-state index in [2.05, 4.69) is 44.5 Å². The van der Waals surface area contributed by atoms with Crippen molar-refractivity contribution in [3.8, 4) is 5.75 Å². The lowest BCUT2D eigenvalue weighted by Crippen LogP contribution is -2.35. The summed E-state index contributed by atoms with van der Waals surface area (Å²) in [6.07, 6.45) is 5.16. The monoisotopic (exact) mass is 339 g/mol. The molecule has 1 aromatic carbocycles. The number of methoxy groups -OCH3 is 1. The Balaban J connectivity index is 1.44. The number of piperidine rings is 1. The molecule has 0 amide bonds. The molecule has 0 radical (unpaired) electrons. The molecule has 1 fully saturated rings. The zero-order valence-electron chi connectivity index (χ0n) is 13.8. The summed E-state index contributed by atoms with van der Waals surface area (Å²) in [5.74, 6) is 2.81. The Bertz CT molecular complexity index is 824. The van der Waals surface area contributed by atoms with E-state index >= 15 is 0 Å². The van der Waals surface area contributed by atoms with Crippen molar-refractivity contribution in [2.45, 2.75) is 19.3 Å². The fourth-order valence-corrected chi connectivity index (χ4v) is 4.29. The lowest BCUT2D eigenvalue weighted by atomic mass is 9.90. The molecule has 0 spiro atoms. The molecular formula is C19H21N3OS. The lowest BCUT2D eigenvalue weighted by molar-refractivity contribution is 0.380. The number of rotatable bonds is 4. The van der Waals surface area contributed by atoms with Gasteiger partial charge in [-0.05, 0) is 48.3 Å². The first-order valence-corrected chi connectivity index (χ1v) is 9.28. The molecule has 4 nitrogen and oxygen atoms in total. The largest absolute Gasteiger partial charge is 0.496 e. The molecule has 2 aromatic heterocycles. The van der Waals surface area contributed by atoms with E-state index in [4.69, 9.17) is 4.74 Å². The molecule has 5 heteroatoms. The van der Waals surface area contributed by atoms with Gasteiger partial charge in [0.15, 0.2) is 0 Å².